The zero-order valence-electron chi connectivity index (χ0n) is 8.66. The van der Waals surface area contributed by atoms with Crippen LogP contribution in [0.3, 0.4) is 0 Å². The molecular weight excluding hydrogens is 194 g/mol. The van der Waals surface area contributed by atoms with Gasteiger partial charge < -0.3 is 4.74 Å². The van der Waals surface area contributed by atoms with Crippen molar-refractivity contribution in [1.29, 1.82) is 5.26 Å². The molecule has 0 aliphatic heterocycles. The molecule has 1 aliphatic rings. The first-order valence-electron chi connectivity index (χ1n) is 4.62. The molecule has 0 saturated carbocycles. The fourth-order valence-electron chi connectivity index (χ4n) is 1.37. The largest absolute Gasteiger partial charge is 0.463 e. The minimum atomic E-state index is -0.484. The SMILES string of the molecule is CCOC(=O)C1=CC(C)=C(C#N)C(=O)C1. The Morgan fingerprint density at radius 1 is 1.67 bits per heavy atom. The van der Waals surface area contributed by atoms with Gasteiger partial charge in [-0.1, -0.05) is 0 Å². The Bertz CT molecular complexity index is 410. The molecule has 4 heteroatoms. The van der Waals surface area contributed by atoms with Crippen molar-refractivity contribution in [1.82, 2.24) is 0 Å². The van der Waals surface area contributed by atoms with E-state index >= 15 is 0 Å². The predicted molar refractivity (Wildman–Crippen MR) is 52.7 cm³/mol. The Kier molecular flexibility index (Phi) is 3.40. The van der Waals surface area contributed by atoms with Crippen molar-refractivity contribution in [2.75, 3.05) is 6.61 Å². The Labute approximate surface area is 87.8 Å². The summed E-state index contributed by atoms with van der Waals surface area (Å²) < 4.78 is 4.78. The molecule has 0 unspecified atom stereocenters. The minimum absolute atomic E-state index is 0.0426. The maximum absolute atomic E-state index is 11.4. The Balaban J connectivity index is 2.99. The molecule has 0 fully saturated rings. The van der Waals surface area contributed by atoms with E-state index in [1.165, 1.54) is 6.08 Å². The lowest BCUT2D eigenvalue weighted by molar-refractivity contribution is -0.139. The molecule has 1 aliphatic carbocycles. The first-order valence-corrected chi connectivity index (χ1v) is 4.62. The van der Waals surface area contributed by atoms with E-state index in [4.69, 9.17) is 10.00 Å². The number of Topliss-reactive ketones (excluding diaryl/α,β-unsaturated/α-hetero) is 1. The smallest absolute Gasteiger partial charge is 0.334 e. The van der Waals surface area contributed by atoms with E-state index in [1.54, 1.807) is 13.8 Å². The summed E-state index contributed by atoms with van der Waals surface area (Å²) in [5.41, 5.74) is 0.971. The van der Waals surface area contributed by atoms with Gasteiger partial charge in [-0.15, -0.1) is 0 Å². The number of hydrogen-bond acceptors (Lipinski definition) is 4. The molecule has 0 radical (unpaired) electrons. The Morgan fingerprint density at radius 3 is 2.80 bits per heavy atom. The fraction of sp³-hybridized carbons (Fsp3) is 0.364. The van der Waals surface area contributed by atoms with Crippen LogP contribution in [0.25, 0.3) is 0 Å². The molecule has 0 aromatic rings. The maximum Gasteiger partial charge on any atom is 0.334 e. The molecule has 15 heavy (non-hydrogen) atoms. The van der Waals surface area contributed by atoms with Gasteiger partial charge in [-0.25, -0.2) is 4.79 Å². The number of nitriles is 1. The minimum Gasteiger partial charge on any atom is -0.463 e. The van der Waals surface area contributed by atoms with Crippen molar-refractivity contribution < 1.29 is 14.3 Å². The third kappa shape index (κ3) is 2.32. The van der Waals surface area contributed by atoms with Crippen LogP contribution in [0.1, 0.15) is 20.3 Å². The third-order valence-electron chi connectivity index (χ3n) is 2.06. The number of ketones is 1. The summed E-state index contributed by atoms with van der Waals surface area (Å²) in [7, 11) is 0. The van der Waals surface area contributed by atoms with Crippen molar-refractivity contribution in [3.05, 3.63) is 22.8 Å². The molecule has 1 rings (SSSR count). The van der Waals surface area contributed by atoms with Gasteiger partial charge in [0.05, 0.1) is 12.2 Å². The van der Waals surface area contributed by atoms with Crippen LogP contribution < -0.4 is 0 Å². The Hall–Kier alpha value is -1.89. The van der Waals surface area contributed by atoms with Crippen LogP contribution in [0.2, 0.25) is 0 Å². The lowest BCUT2D eigenvalue weighted by Crippen LogP contribution is -2.16. The number of allylic oxidation sites excluding steroid dienone is 3. The molecule has 0 N–H and O–H groups in total. The van der Waals surface area contributed by atoms with Gasteiger partial charge in [-0.3, -0.25) is 4.79 Å². The standard InChI is InChI=1S/C11H11NO3/c1-3-15-11(14)8-4-7(2)9(6-12)10(13)5-8/h4H,3,5H2,1-2H3. The highest BCUT2D eigenvalue weighted by atomic mass is 16.5. The van der Waals surface area contributed by atoms with E-state index < -0.39 is 5.97 Å². The molecular formula is C11H11NO3. The van der Waals surface area contributed by atoms with Crippen LogP contribution >= 0.6 is 0 Å². The lowest BCUT2D eigenvalue weighted by atomic mass is 9.93. The maximum atomic E-state index is 11.4. The van der Waals surface area contributed by atoms with Crippen molar-refractivity contribution in [3.63, 3.8) is 0 Å². The number of rotatable bonds is 2. The second-order valence-electron chi connectivity index (χ2n) is 3.16. The van der Waals surface area contributed by atoms with E-state index in [1.807, 2.05) is 6.07 Å². The molecule has 0 atom stereocenters. The quantitative estimate of drug-likeness (QED) is 0.637. The van der Waals surface area contributed by atoms with Gasteiger partial charge in [-0.2, -0.15) is 5.26 Å². The van der Waals surface area contributed by atoms with Crippen LogP contribution in [0.5, 0.6) is 0 Å². The van der Waals surface area contributed by atoms with Crippen molar-refractivity contribution >= 4 is 11.8 Å². The molecule has 4 nitrogen and oxygen atoms in total. The molecule has 0 bridgehead atoms. The number of carbonyl (C=O) groups is 2. The summed E-state index contributed by atoms with van der Waals surface area (Å²) in [6.07, 6.45) is 1.50. The predicted octanol–water partition coefficient (Wildman–Crippen LogP) is 1.29. The molecule has 0 aromatic heterocycles. The molecule has 0 spiro atoms. The van der Waals surface area contributed by atoms with Crippen molar-refractivity contribution in [3.8, 4) is 6.07 Å². The average Bonchev–Trinajstić information content (AvgIpc) is 2.17. The van der Waals surface area contributed by atoms with Gasteiger partial charge >= 0.3 is 5.97 Å². The summed E-state index contributed by atoms with van der Waals surface area (Å²) in [6.45, 7) is 3.61. The van der Waals surface area contributed by atoms with Crippen LogP contribution in [0.15, 0.2) is 22.8 Å². The van der Waals surface area contributed by atoms with Gasteiger partial charge in [-0.05, 0) is 25.5 Å². The molecule has 0 heterocycles. The average molecular weight is 205 g/mol. The van der Waals surface area contributed by atoms with Gasteiger partial charge in [0.25, 0.3) is 0 Å². The van der Waals surface area contributed by atoms with Gasteiger partial charge in [0.1, 0.15) is 6.07 Å². The molecule has 0 saturated heterocycles. The van der Waals surface area contributed by atoms with Crippen molar-refractivity contribution in [2.45, 2.75) is 20.3 Å². The normalized spacial score (nSPS) is 15.8. The van der Waals surface area contributed by atoms with Crippen LogP contribution in [-0.4, -0.2) is 18.4 Å². The monoisotopic (exact) mass is 205 g/mol. The summed E-state index contributed by atoms with van der Waals surface area (Å²) in [4.78, 5) is 22.8. The van der Waals surface area contributed by atoms with Crippen LogP contribution in [-0.2, 0) is 14.3 Å². The van der Waals surface area contributed by atoms with E-state index in [-0.39, 0.29) is 24.4 Å². The highest BCUT2D eigenvalue weighted by molar-refractivity contribution is 6.08. The topological polar surface area (TPSA) is 67.2 Å². The summed E-state index contributed by atoms with van der Waals surface area (Å²) in [6, 6.07) is 1.83. The van der Waals surface area contributed by atoms with E-state index in [0.717, 1.165) is 0 Å². The molecule has 78 valence electrons. The van der Waals surface area contributed by atoms with Crippen molar-refractivity contribution in [2.24, 2.45) is 0 Å². The summed E-state index contributed by atoms with van der Waals surface area (Å²) in [5.74, 6) is -0.803. The van der Waals surface area contributed by atoms with Gasteiger partial charge in [0.2, 0.25) is 0 Å². The first kappa shape index (κ1) is 11.2. The van der Waals surface area contributed by atoms with Crippen LogP contribution in [0.4, 0.5) is 0 Å². The van der Waals surface area contributed by atoms with Crippen LogP contribution in [0, 0.1) is 11.3 Å². The Morgan fingerprint density at radius 2 is 2.33 bits per heavy atom. The molecule has 0 aromatic carbocycles. The number of ether oxygens (including phenoxy) is 1. The number of hydrogen-bond donors (Lipinski definition) is 0. The number of nitrogens with zero attached hydrogens (tertiary/aromatic N) is 1. The summed E-state index contributed by atoms with van der Waals surface area (Å²) in [5, 5.41) is 8.69. The highest BCUT2D eigenvalue weighted by Crippen LogP contribution is 2.21. The van der Waals surface area contributed by atoms with Gasteiger partial charge in [0.15, 0.2) is 5.78 Å². The van der Waals surface area contributed by atoms with E-state index in [9.17, 15) is 9.59 Å². The lowest BCUT2D eigenvalue weighted by Gasteiger charge is -2.11. The molecule has 0 amide bonds. The zero-order chi connectivity index (χ0) is 11.4. The first-order chi connectivity index (χ1) is 7.10. The summed E-state index contributed by atoms with van der Waals surface area (Å²) >= 11 is 0. The third-order valence-corrected chi connectivity index (χ3v) is 2.06. The second-order valence-corrected chi connectivity index (χ2v) is 3.16. The second kappa shape index (κ2) is 4.56. The highest BCUT2D eigenvalue weighted by Gasteiger charge is 2.23. The zero-order valence-corrected chi connectivity index (χ0v) is 8.66. The fourth-order valence-corrected chi connectivity index (χ4v) is 1.37. The van der Waals surface area contributed by atoms with Gasteiger partial charge in [0, 0.05) is 12.0 Å². The van der Waals surface area contributed by atoms with E-state index in [2.05, 4.69) is 0 Å². The van der Waals surface area contributed by atoms with E-state index in [0.29, 0.717) is 11.1 Å². The number of esters is 1. The number of carbonyl (C=O) groups excluding carboxylic acids is 2.